The molecule has 1 amide bonds. The van der Waals surface area contributed by atoms with Gasteiger partial charge in [-0.15, -0.1) is 0 Å². The molecule has 0 atom stereocenters. The lowest BCUT2D eigenvalue weighted by molar-refractivity contribution is -0.300. The van der Waals surface area contributed by atoms with Crippen molar-refractivity contribution in [1.29, 1.82) is 0 Å². The third-order valence-corrected chi connectivity index (χ3v) is 1.91. The van der Waals surface area contributed by atoms with E-state index in [4.69, 9.17) is 0 Å². The number of hydrogen-bond acceptors (Lipinski definition) is 4. The minimum Gasteiger partial charge on any atom is -0.540 e. The van der Waals surface area contributed by atoms with Crippen LogP contribution in [0.1, 0.15) is 11.3 Å². The van der Waals surface area contributed by atoms with E-state index in [0.29, 0.717) is 0 Å². The molecular weight excluding hydrogens is 253 g/mol. The van der Waals surface area contributed by atoms with Gasteiger partial charge in [0, 0.05) is 6.20 Å². The Labute approximate surface area is 99.6 Å². The van der Waals surface area contributed by atoms with Crippen LogP contribution < -0.4 is 10.4 Å². The zero-order chi connectivity index (χ0) is 13.8. The fourth-order valence-corrected chi connectivity index (χ4v) is 1.14. The van der Waals surface area contributed by atoms with Gasteiger partial charge in [0.15, 0.2) is 0 Å². The summed E-state index contributed by atoms with van der Waals surface area (Å²) >= 11 is 0. The molecule has 1 heterocycles. The van der Waals surface area contributed by atoms with Crippen LogP contribution in [0.3, 0.4) is 0 Å². The number of carboxylic acid groups (broad SMARTS) is 1. The van der Waals surface area contributed by atoms with Crippen molar-refractivity contribution in [3.8, 4) is 0 Å². The Morgan fingerprint density at radius 1 is 1.33 bits per heavy atom. The topological polar surface area (TPSA) is 82.1 Å². The maximum absolute atomic E-state index is 12.0. The molecule has 0 spiro atoms. The number of carbonyl (C=O) groups is 2. The lowest BCUT2D eigenvalue weighted by Gasteiger charge is -2.07. The molecule has 0 radical (unpaired) electrons. The van der Waals surface area contributed by atoms with Crippen LogP contribution in [0.5, 0.6) is 0 Å². The highest BCUT2D eigenvalue weighted by Crippen LogP contribution is 2.20. The molecule has 1 aromatic heterocycles. The summed E-state index contributed by atoms with van der Waals surface area (Å²) in [6.45, 7) is -0.195. The summed E-state index contributed by atoms with van der Waals surface area (Å²) in [7, 11) is 0. The molecule has 0 aromatic carbocycles. The van der Waals surface area contributed by atoms with E-state index in [1.165, 1.54) is 12.1 Å². The summed E-state index contributed by atoms with van der Waals surface area (Å²) in [6.07, 6.45) is -4.38. The van der Waals surface area contributed by atoms with Crippen LogP contribution in [0.15, 0.2) is 18.3 Å². The first-order valence-electron chi connectivity index (χ1n) is 4.77. The van der Waals surface area contributed by atoms with Gasteiger partial charge >= 0.3 is 6.18 Å². The Morgan fingerprint density at radius 2 is 2.00 bits per heavy atom. The Morgan fingerprint density at radius 3 is 2.44 bits per heavy atom. The molecule has 0 aliphatic rings. The molecule has 0 bridgehead atoms. The van der Waals surface area contributed by atoms with E-state index in [1.54, 1.807) is 0 Å². The summed E-state index contributed by atoms with van der Waals surface area (Å²) < 4.78 is 36.1. The molecule has 0 unspecified atom stereocenters. The maximum atomic E-state index is 12.0. The van der Waals surface area contributed by atoms with E-state index < -0.39 is 24.5 Å². The van der Waals surface area contributed by atoms with Crippen molar-refractivity contribution < 1.29 is 27.9 Å². The standard InChI is InChI=1S/C10H9F3N2O3/c11-10(12,13)3-6-1-2-7(14-4-6)5-15-8(16)9(17)18/h1-2,4H,3,5H2,(H,15,16)(H,17,18)/p-1. The first kappa shape index (κ1) is 13.9. The Balaban J connectivity index is 2.56. The van der Waals surface area contributed by atoms with Gasteiger partial charge in [-0.1, -0.05) is 6.07 Å². The largest absolute Gasteiger partial charge is 0.540 e. The van der Waals surface area contributed by atoms with Crippen molar-refractivity contribution in [1.82, 2.24) is 10.3 Å². The molecule has 5 nitrogen and oxygen atoms in total. The number of pyridine rings is 1. The number of carboxylic acids is 1. The first-order chi connectivity index (χ1) is 8.28. The Bertz CT molecular complexity index is 443. The highest BCUT2D eigenvalue weighted by Gasteiger charge is 2.27. The van der Waals surface area contributed by atoms with Crippen molar-refractivity contribution in [2.24, 2.45) is 0 Å². The van der Waals surface area contributed by atoms with Crippen LogP contribution >= 0.6 is 0 Å². The van der Waals surface area contributed by atoms with Gasteiger partial charge in [-0.3, -0.25) is 9.78 Å². The number of amides is 1. The molecule has 0 saturated heterocycles. The maximum Gasteiger partial charge on any atom is 0.393 e. The normalized spacial score (nSPS) is 11.1. The van der Waals surface area contributed by atoms with Gasteiger partial charge in [0.25, 0.3) is 5.91 Å². The average Bonchev–Trinajstić information content (AvgIpc) is 2.25. The number of alkyl halides is 3. The Hall–Kier alpha value is -2.12. The molecule has 98 valence electrons. The van der Waals surface area contributed by atoms with Crippen LogP contribution in [-0.4, -0.2) is 23.0 Å². The number of aliphatic carboxylic acids is 1. The van der Waals surface area contributed by atoms with Gasteiger partial charge in [0.1, 0.15) is 5.97 Å². The summed E-state index contributed by atoms with van der Waals surface area (Å²) in [6, 6.07) is 2.48. The predicted octanol–water partition coefficient (Wildman–Crippen LogP) is -0.448. The van der Waals surface area contributed by atoms with Crippen molar-refractivity contribution >= 4 is 11.9 Å². The first-order valence-corrected chi connectivity index (χ1v) is 4.77. The Kier molecular flexibility index (Phi) is 4.24. The molecule has 0 fully saturated rings. The summed E-state index contributed by atoms with van der Waals surface area (Å²) in [5.41, 5.74) is 0.230. The number of aromatic nitrogens is 1. The number of nitrogens with zero attached hydrogens (tertiary/aromatic N) is 1. The fourth-order valence-electron chi connectivity index (χ4n) is 1.14. The quantitative estimate of drug-likeness (QED) is 0.747. The van der Waals surface area contributed by atoms with Crippen LogP contribution in [0.25, 0.3) is 0 Å². The fraction of sp³-hybridized carbons (Fsp3) is 0.300. The number of nitrogens with one attached hydrogen (secondary N) is 1. The summed E-state index contributed by atoms with van der Waals surface area (Å²) in [4.78, 5) is 24.3. The van der Waals surface area contributed by atoms with Crippen molar-refractivity contribution in [3.05, 3.63) is 29.6 Å². The summed E-state index contributed by atoms with van der Waals surface area (Å²) in [5.74, 6) is -3.19. The van der Waals surface area contributed by atoms with E-state index >= 15 is 0 Å². The molecule has 0 saturated carbocycles. The molecule has 1 N–H and O–H groups in total. The number of rotatable bonds is 3. The smallest absolute Gasteiger partial charge is 0.393 e. The van der Waals surface area contributed by atoms with E-state index in [9.17, 15) is 27.9 Å². The predicted molar refractivity (Wildman–Crippen MR) is 50.8 cm³/mol. The van der Waals surface area contributed by atoms with Crippen LogP contribution in [0, 0.1) is 0 Å². The SMILES string of the molecule is O=C([O-])C(=O)NCc1ccc(CC(F)(F)F)cn1. The highest BCUT2D eigenvalue weighted by molar-refractivity contribution is 6.30. The van der Waals surface area contributed by atoms with Crippen LogP contribution in [0.2, 0.25) is 0 Å². The molecular formula is C10H8F3N2O3-. The van der Waals surface area contributed by atoms with E-state index in [2.05, 4.69) is 4.98 Å². The van der Waals surface area contributed by atoms with Crippen molar-refractivity contribution in [2.75, 3.05) is 0 Å². The van der Waals surface area contributed by atoms with Crippen LogP contribution in [-0.2, 0) is 22.6 Å². The monoisotopic (exact) mass is 261 g/mol. The average molecular weight is 261 g/mol. The molecule has 8 heteroatoms. The van der Waals surface area contributed by atoms with Crippen molar-refractivity contribution in [2.45, 2.75) is 19.1 Å². The molecule has 18 heavy (non-hydrogen) atoms. The molecule has 0 aliphatic carbocycles. The van der Waals surface area contributed by atoms with Gasteiger partial charge in [0.2, 0.25) is 0 Å². The third kappa shape index (κ3) is 4.81. The van der Waals surface area contributed by atoms with E-state index in [0.717, 1.165) is 6.20 Å². The van der Waals surface area contributed by atoms with E-state index in [1.807, 2.05) is 5.32 Å². The van der Waals surface area contributed by atoms with Gasteiger partial charge < -0.3 is 15.2 Å². The minimum atomic E-state index is -4.31. The van der Waals surface area contributed by atoms with E-state index in [-0.39, 0.29) is 17.8 Å². The van der Waals surface area contributed by atoms with Crippen LogP contribution in [0.4, 0.5) is 13.2 Å². The second-order valence-corrected chi connectivity index (χ2v) is 3.42. The highest BCUT2D eigenvalue weighted by atomic mass is 19.4. The second kappa shape index (κ2) is 5.48. The zero-order valence-electron chi connectivity index (χ0n) is 8.95. The number of halogens is 3. The van der Waals surface area contributed by atoms with Crippen molar-refractivity contribution in [3.63, 3.8) is 0 Å². The third-order valence-electron chi connectivity index (χ3n) is 1.91. The van der Waals surface area contributed by atoms with Gasteiger partial charge in [-0.25, -0.2) is 0 Å². The van der Waals surface area contributed by atoms with Gasteiger partial charge in [-0.05, 0) is 11.6 Å². The second-order valence-electron chi connectivity index (χ2n) is 3.42. The lowest BCUT2D eigenvalue weighted by Crippen LogP contribution is -2.40. The lowest BCUT2D eigenvalue weighted by atomic mass is 10.2. The number of hydrogen-bond donors (Lipinski definition) is 1. The molecule has 1 rings (SSSR count). The zero-order valence-corrected chi connectivity index (χ0v) is 8.95. The number of carbonyl (C=O) groups excluding carboxylic acids is 2. The minimum absolute atomic E-state index is 0.0162. The molecule has 1 aromatic rings. The molecule has 0 aliphatic heterocycles. The summed E-state index contributed by atoms with van der Waals surface area (Å²) in [5, 5.41) is 12.0. The van der Waals surface area contributed by atoms with Gasteiger partial charge in [-0.2, -0.15) is 13.2 Å². The van der Waals surface area contributed by atoms with Gasteiger partial charge in [0.05, 0.1) is 18.7 Å².